The molecule has 1 amide bonds. The largest absolute Gasteiger partial charge is 0.485 e. The fourth-order valence-electron chi connectivity index (χ4n) is 2.85. The summed E-state index contributed by atoms with van der Waals surface area (Å²) in [5, 5.41) is 10.2. The molecule has 0 aliphatic carbocycles. The molecule has 1 aliphatic rings. The number of sulfone groups is 1. The lowest BCUT2D eigenvalue weighted by atomic mass is 10.1. The van der Waals surface area contributed by atoms with E-state index in [1.165, 1.54) is 6.07 Å². The zero-order valence-electron chi connectivity index (χ0n) is 13.7. The first-order chi connectivity index (χ1) is 12.4. The predicted octanol–water partition coefficient (Wildman–Crippen LogP) is 1.77. The van der Waals surface area contributed by atoms with Crippen LogP contribution in [0.25, 0.3) is 0 Å². The molecule has 0 fully saturated rings. The van der Waals surface area contributed by atoms with E-state index in [0.717, 1.165) is 0 Å². The van der Waals surface area contributed by atoms with Gasteiger partial charge < -0.3 is 4.74 Å². The summed E-state index contributed by atoms with van der Waals surface area (Å²) in [6.45, 7) is -0.0412. The topological polar surface area (TPSA) is 101 Å². The van der Waals surface area contributed by atoms with Crippen LogP contribution in [0.4, 0.5) is 0 Å². The van der Waals surface area contributed by atoms with Crippen LogP contribution in [0.5, 0.6) is 5.75 Å². The first kappa shape index (κ1) is 18.1. The molecule has 0 unspecified atom stereocenters. The van der Waals surface area contributed by atoms with Gasteiger partial charge in [0, 0.05) is 0 Å². The Morgan fingerprint density at radius 3 is 2.62 bits per heavy atom. The van der Waals surface area contributed by atoms with E-state index in [1.807, 2.05) is 0 Å². The fourth-order valence-corrected chi connectivity index (χ4v) is 4.49. The molecule has 0 aromatic heterocycles. The van der Waals surface area contributed by atoms with E-state index in [2.05, 4.69) is 0 Å². The molecular formula is C18H17NO6S. The number of carbonyl (C=O) groups excluding carboxylic acids is 2. The summed E-state index contributed by atoms with van der Waals surface area (Å²) in [5.41, 5.74) is 1.42. The molecule has 1 atom stereocenters. The van der Waals surface area contributed by atoms with Crippen LogP contribution >= 0.6 is 0 Å². The SMILES string of the molecule is O=CN(O)[C@H](CS(=O)(=O)Cc1ccc2c(c1)OCC2=O)c1ccccc1. The van der Waals surface area contributed by atoms with Gasteiger partial charge in [0.1, 0.15) is 5.75 Å². The summed E-state index contributed by atoms with van der Waals surface area (Å²) in [6.07, 6.45) is 0.183. The van der Waals surface area contributed by atoms with Gasteiger partial charge in [-0.2, -0.15) is 0 Å². The third kappa shape index (κ3) is 3.92. The van der Waals surface area contributed by atoms with Gasteiger partial charge in [-0.05, 0) is 23.3 Å². The van der Waals surface area contributed by atoms with Gasteiger partial charge >= 0.3 is 0 Å². The Morgan fingerprint density at radius 1 is 1.19 bits per heavy atom. The number of rotatable bonds is 7. The predicted molar refractivity (Wildman–Crippen MR) is 92.6 cm³/mol. The fraction of sp³-hybridized carbons (Fsp3) is 0.222. The highest BCUT2D eigenvalue weighted by Crippen LogP contribution is 2.28. The van der Waals surface area contributed by atoms with Gasteiger partial charge in [0.05, 0.1) is 23.1 Å². The maximum Gasteiger partial charge on any atom is 0.233 e. The van der Waals surface area contributed by atoms with E-state index in [0.29, 0.717) is 27.5 Å². The van der Waals surface area contributed by atoms with Crippen molar-refractivity contribution in [2.45, 2.75) is 11.8 Å². The summed E-state index contributed by atoms with van der Waals surface area (Å²) in [6, 6.07) is 12.1. The minimum atomic E-state index is -3.67. The second-order valence-corrected chi connectivity index (χ2v) is 8.12. The molecule has 0 saturated carbocycles. The lowest BCUT2D eigenvalue weighted by Crippen LogP contribution is -2.30. The number of carbonyl (C=O) groups is 2. The molecule has 0 bridgehead atoms. The summed E-state index contributed by atoms with van der Waals surface area (Å²) in [4.78, 5) is 22.5. The number of amides is 1. The first-order valence-corrected chi connectivity index (χ1v) is 9.68. The Hall–Kier alpha value is -2.71. The van der Waals surface area contributed by atoms with Gasteiger partial charge in [-0.3, -0.25) is 14.8 Å². The second-order valence-electron chi connectivity index (χ2n) is 6.01. The summed E-state index contributed by atoms with van der Waals surface area (Å²) < 4.78 is 30.4. The number of ether oxygens (including phenoxy) is 1. The van der Waals surface area contributed by atoms with Crippen LogP contribution in [0.3, 0.4) is 0 Å². The van der Waals surface area contributed by atoms with Crippen LogP contribution in [-0.4, -0.2) is 43.2 Å². The van der Waals surface area contributed by atoms with Crippen LogP contribution in [0, 0.1) is 0 Å². The van der Waals surface area contributed by atoms with Crippen molar-refractivity contribution in [3.8, 4) is 5.75 Å². The molecule has 8 heteroatoms. The van der Waals surface area contributed by atoms with Crippen molar-refractivity contribution in [1.29, 1.82) is 0 Å². The maximum atomic E-state index is 12.6. The van der Waals surface area contributed by atoms with E-state index in [-0.39, 0.29) is 24.6 Å². The zero-order chi connectivity index (χ0) is 18.7. The Morgan fingerprint density at radius 2 is 1.92 bits per heavy atom. The number of Topliss-reactive ketones (excluding diaryl/α,β-unsaturated/α-hetero) is 1. The number of benzene rings is 2. The molecule has 0 saturated heterocycles. The van der Waals surface area contributed by atoms with E-state index in [1.54, 1.807) is 42.5 Å². The smallest absolute Gasteiger partial charge is 0.233 e. The maximum absolute atomic E-state index is 12.6. The Balaban J connectivity index is 1.81. The van der Waals surface area contributed by atoms with E-state index < -0.39 is 21.6 Å². The normalized spacial score (nSPS) is 14.4. The molecule has 0 spiro atoms. The molecule has 3 rings (SSSR count). The lowest BCUT2D eigenvalue weighted by molar-refractivity contribution is -0.158. The van der Waals surface area contributed by atoms with Gasteiger partial charge in [0.15, 0.2) is 16.4 Å². The van der Waals surface area contributed by atoms with E-state index in [4.69, 9.17) is 4.74 Å². The Kier molecular flexibility index (Phi) is 5.06. The lowest BCUT2D eigenvalue weighted by Gasteiger charge is -2.22. The molecule has 0 radical (unpaired) electrons. The molecule has 136 valence electrons. The minimum absolute atomic E-state index is 0.0412. The highest BCUT2D eigenvalue weighted by Gasteiger charge is 2.27. The van der Waals surface area contributed by atoms with Gasteiger partial charge in [-0.1, -0.05) is 36.4 Å². The highest BCUT2D eigenvalue weighted by molar-refractivity contribution is 7.90. The molecule has 26 heavy (non-hydrogen) atoms. The molecule has 2 aromatic carbocycles. The number of hydrogen-bond donors (Lipinski definition) is 1. The summed E-state index contributed by atoms with van der Waals surface area (Å²) in [5.74, 6) is -0.504. The van der Waals surface area contributed by atoms with Crippen LogP contribution in [0.2, 0.25) is 0 Å². The highest BCUT2D eigenvalue weighted by atomic mass is 32.2. The van der Waals surface area contributed by atoms with Crippen LogP contribution in [-0.2, 0) is 20.4 Å². The van der Waals surface area contributed by atoms with Crippen LogP contribution in [0.15, 0.2) is 48.5 Å². The van der Waals surface area contributed by atoms with E-state index in [9.17, 15) is 23.2 Å². The van der Waals surface area contributed by atoms with Gasteiger partial charge in [0.2, 0.25) is 12.2 Å². The second kappa shape index (κ2) is 7.27. The van der Waals surface area contributed by atoms with Crippen molar-refractivity contribution >= 4 is 22.0 Å². The number of nitrogens with zero attached hydrogens (tertiary/aromatic N) is 1. The quantitative estimate of drug-likeness (QED) is 0.450. The molecular weight excluding hydrogens is 358 g/mol. The third-order valence-corrected chi connectivity index (χ3v) is 5.71. The van der Waals surface area contributed by atoms with Gasteiger partial charge in [0.25, 0.3) is 0 Å². The summed E-state index contributed by atoms with van der Waals surface area (Å²) in [7, 11) is -3.67. The molecule has 1 N–H and O–H groups in total. The monoisotopic (exact) mass is 375 g/mol. The van der Waals surface area contributed by atoms with Crippen LogP contribution < -0.4 is 4.74 Å². The third-order valence-electron chi connectivity index (χ3n) is 4.12. The summed E-state index contributed by atoms with van der Waals surface area (Å²) >= 11 is 0. The van der Waals surface area contributed by atoms with Gasteiger partial charge in [-0.25, -0.2) is 13.5 Å². The van der Waals surface area contributed by atoms with Crippen molar-refractivity contribution in [2.24, 2.45) is 0 Å². The Labute approximate surface area is 150 Å². The van der Waals surface area contributed by atoms with E-state index >= 15 is 0 Å². The number of hydroxylamine groups is 2. The Bertz CT molecular complexity index is 926. The molecule has 1 heterocycles. The average molecular weight is 375 g/mol. The molecule has 7 nitrogen and oxygen atoms in total. The van der Waals surface area contributed by atoms with Gasteiger partial charge in [-0.15, -0.1) is 0 Å². The zero-order valence-corrected chi connectivity index (χ0v) is 14.6. The van der Waals surface area contributed by atoms with Crippen molar-refractivity contribution in [2.75, 3.05) is 12.4 Å². The number of hydrogen-bond acceptors (Lipinski definition) is 6. The number of ketones is 1. The van der Waals surface area contributed by atoms with Crippen molar-refractivity contribution in [1.82, 2.24) is 5.06 Å². The first-order valence-electron chi connectivity index (χ1n) is 7.86. The molecule has 1 aliphatic heterocycles. The molecule has 2 aromatic rings. The average Bonchev–Trinajstić information content (AvgIpc) is 3.00. The van der Waals surface area contributed by atoms with Crippen molar-refractivity contribution in [3.63, 3.8) is 0 Å². The van der Waals surface area contributed by atoms with Crippen molar-refractivity contribution in [3.05, 3.63) is 65.2 Å². The van der Waals surface area contributed by atoms with Crippen molar-refractivity contribution < 1.29 is 28.0 Å². The van der Waals surface area contributed by atoms with Crippen LogP contribution in [0.1, 0.15) is 27.5 Å². The minimum Gasteiger partial charge on any atom is -0.485 e. The standard InChI is InChI=1S/C18H17NO6S/c20-12-19(22)16(14-4-2-1-3-5-14)11-26(23,24)10-13-6-7-15-17(21)9-25-18(15)8-13/h1-8,12,16,22H,9-11H2/t16-/m1/s1. The number of fused-ring (bicyclic) bond motifs is 1.